The van der Waals surface area contributed by atoms with E-state index >= 15 is 0 Å². The molecular weight excluding hydrogens is 450 g/mol. The van der Waals surface area contributed by atoms with Crippen molar-refractivity contribution in [2.45, 2.75) is 25.8 Å². The molecule has 0 fully saturated rings. The van der Waals surface area contributed by atoms with Crippen LogP contribution in [0.25, 0.3) is 10.2 Å². The monoisotopic (exact) mass is 479 g/mol. The number of ether oxygens (including phenoxy) is 2. The molecule has 9 heteroatoms. The lowest BCUT2D eigenvalue weighted by Gasteiger charge is -2.29. The number of fused-ring (bicyclic) bond motifs is 4. The third kappa shape index (κ3) is 4.55. The average molecular weight is 480 g/mol. The fourth-order valence-corrected chi connectivity index (χ4v) is 5.99. The van der Waals surface area contributed by atoms with Crippen LogP contribution < -0.4 is 5.32 Å². The molecule has 3 aromatic rings. The maximum absolute atomic E-state index is 13.3. The molecule has 1 aromatic carbocycles. The summed E-state index contributed by atoms with van der Waals surface area (Å²) >= 11 is 1.68. The number of anilines is 2. The van der Waals surface area contributed by atoms with Crippen LogP contribution in [-0.4, -0.2) is 67.5 Å². The van der Waals surface area contributed by atoms with Crippen LogP contribution in [0.2, 0.25) is 0 Å². The van der Waals surface area contributed by atoms with Crippen molar-refractivity contribution in [1.82, 2.24) is 14.9 Å². The molecule has 1 N–H and O–H groups in total. The van der Waals surface area contributed by atoms with Crippen molar-refractivity contribution in [2.75, 3.05) is 45.8 Å². The first-order valence-corrected chi connectivity index (χ1v) is 12.4. The molecule has 5 rings (SSSR count). The number of benzene rings is 1. The Morgan fingerprint density at radius 2 is 2.03 bits per heavy atom. The van der Waals surface area contributed by atoms with Gasteiger partial charge in [0.2, 0.25) is 5.91 Å². The van der Waals surface area contributed by atoms with E-state index in [1.165, 1.54) is 16.0 Å². The van der Waals surface area contributed by atoms with Gasteiger partial charge in [0, 0.05) is 50.0 Å². The van der Waals surface area contributed by atoms with Crippen molar-refractivity contribution < 1.29 is 14.3 Å². The van der Waals surface area contributed by atoms with Gasteiger partial charge in [-0.2, -0.15) is 0 Å². The summed E-state index contributed by atoms with van der Waals surface area (Å²) in [5, 5.41) is 4.58. The summed E-state index contributed by atoms with van der Waals surface area (Å²) < 4.78 is 10.4. The molecule has 0 saturated heterocycles. The minimum Gasteiger partial charge on any atom is -0.383 e. The Balaban J connectivity index is 1.38. The maximum atomic E-state index is 13.3. The number of amides is 1. The van der Waals surface area contributed by atoms with E-state index in [1.807, 2.05) is 11.1 Å². The lowest BCUT2D eigenvalue weighted by Crippen LogP contribution is -2.41. The Morgan fingerprint density at radius 3 is 2.82 bits per heavy atom. The van der Waals surface area contributed by atoms with E-state index in [0.29, 0.717) is 26.3 Å². The van der Waals surface area contributed by atoms with Gasteiger partial charge in [-0.3, -0.25) is 9.79 Å². The topological polar surface area (TPSA) is 88.9 Å². The molecule has 1 aliphatic heterocycles. The van der Waals surface area contributed by atoms with E-state index in [4.69, 9.17) is 9.47 Å². The van der Waals surface area contributed by atoms with Gasteiger partial charge in [-0.15, -0.1) is 11.3 Å². The minimum absolute atomic E-state index is 0.0327. The van der Waals surface area contributed by atoms with Crippen LogP contribution in [-0.2, 0) is 33.7 Å². The van der Waals surface area contributed by atoms with E-state index in [0.717, 1.165) is 53.1 Å². The Bertz CT molecular complexity index is 1220. The highest BCUT2D eigenvalue weighted by atomic mass is 32.1. The van der Waals surface area contributed by atoms with Crippen LogP contribution in [0.15, 0.2) is 29.5 Å². The lowest BCUT2D eigenvalue weighted by molar-refractivity contribution is -0.137. The summed E-state index contributed by atoms with van der Waals surface area (Å²) in [5.74, 6) is 0.972. The van der Waals surface area contributed by atoms with E-state index in [9.17, 15) is 4.79 Å². The number of thiophene rings is 1. The van der Waals surface area contributed by atoms with Crippen molar-refractivity contribution in [3.8, 4) is 0 Å². The number of hydrogen-bond donors (Lipinski definition) is 1. The molecule has 0 bridgehead atoms. The van der Waals surface area contributed by atoms with E-state index in [1.54, 1.807) is 31.9 Å². The van der Waals surface area contributed by atoms with Crippen molar-refractivity contribution in [1.29, 1.82) is 0 Å². The molecule has 2 aromatic heterocycles. The smallest absolute Gasteiger partial charge is 0.226 e. The number of hydrogen-bond acceptors (Lipinski definition) is 8. The normalized spacial score (nSPS) is 16.5. The van der Waals surface area contributed by atoms with Crippen LogP contribution >= 0.6 is 11.3 Å². The highest BCUT2D eigenvalue weighted by molar-refractivity contribution is 7.19. The van der Waals surface area contributed by atoms with Gasteiger partial charge < -0.3 is 19.7 Å². The van der Waals surface area contributed by atoms with Crippen molar-refractivity contribution in [3.05, 3.63) is 46.1 Å². The zero-order valence-electron chi connectivity index (χ0n) is 19.5. The molecule has 2 aliphatic rings. The molecule has 1 atom stereocenters. The van der Waals surface area contributed by atoms with Crippen molar-refractivity contribution in [2.24, 2.45) is 10.9 Å². The van der Waals surface area contributed by atoms with Crippen molar-refractivity contribution >= 4 is 45.2 Å². The largest absolute Gasteiger partial charge is 0.383 e. The molecule has 178 valence electrons. The van der Waals surface area contributed by atoms with Crippen LogP contribution in [0.1, 0.15) is 28.0 Å². The summed E-state index contributed by atoms with van der Waals surface area (Å²) in [6.45, 7) is 2.96. The highest BCUT2D eigenvalue weighted by Crippen LogP contribution is 2.41. The van der Waals surface area contributed by atoms with E-state index < -0.39 is 0 Å². The summed E-state index contributed by atoms with van der Waals surface area (Å²) in [6, 6.07) is 6.30. The number of carbonyl (C=O) groups is 1. The van der Waals surface area contributed by atoms with Gasteiger partial charge in [0.1, 0.15) is 17.0 Å². The van der Waals surface area contributed by atoms with Crippen LogP contribution in [0.3, 0.4) is 0 Å². The zero-order valence-corrected chi connectivity index (χ0v) is 20.4. The number of aryl methyl sites for hydroxylation is 1. The molecule has 8 nitrogen and oxygen atoms in total. The SMILES string of the molecule is COCCN(CCOC)C(=O)C1CCc2c(sc3ncnc(Nc4ccc5c(c4)C=NC5)c23)C1. The van der Waals surface area contributed by atoms with Crippen LogP contribution in [0.4, 0.5) is 11.5 Å². The number of rotatable bonds is 9. The van der Waals surface area contributed by atoms with Crippen LogP contribution in [0.5, 0.6) is 0 Å². The first kappa shape index (κ1) is 22.9. The van der Waals surface area contributed by atoms with E-state index in [2.05, 4.69) is 38.5 Å². The predicted molar refractivity (Wildman–Crippen MR) is 134 cm³/mol. The molecule has 1 aliphatic carbocycles. The summed E-state index contributed by atoms with van der Waals surface area (Å²) in [7, 11) is 3.32. The quantitative estimate of drug-likeness (QED) is 0.505. The summed E-state index contributed by atoms with van der Waals surface area (Å²) in [4.78, 5) is 30.9. The number of nitrogens with one attached hydrogen (secondary N) is 1. The number of aliphatic imine (C=N–C) groups is 1. The molecule has 34 heavy (non-hydrogen) atoms. The highest BCUT2D eigenvalue weighted by Gasteiger charge is 2.31. The molecule has 3 heterocycles. The summed E-state index contributed by atoms with van der Waals surface area (Å²) in [5.41, 5.74) is 4.65. The third-order valence-electron chi connectivity index (χ3n) is 6.54. The first-order valence-electron chi connectivity index (χ1n) is 11.6. The fraction of sp³-hybridized carbons (Fsp3) is 0.440. The Hall–Kier alpha value is -2.88. The van der Waals surface area contributed by atoms with Gasteiger partial charge in [0.05, 0.1) is 25.1 Å². The maximum Gasteiger partial charge on any atom is 0.226 e. The van der Waals surface area contributed by atoms with E-state index in [-0.39, 0.29) is 11.8 Å². The lowest BCUT2D eigenvalue weighted by atomic mass is 9.87. The summed E-state index contributed by atoms with van der Waals surface area (Å²) in [6.07, 6.45) is 5.93. The zero-order chi connectivity index (χ0) is 23.5. The second-order valence-corrected chi connectivity index (χ2v) is 9.75. The number of methoxy groups -OCH3 is 2. The number of carbonyl (C=O) groups excluding carboxylic acids is 1. The molecular formula is C25H29N5O3S. The molecule has 1 amide bonds. The van der Waals surface area contributed by atoms with Gasteiger partial charge in [-0.25, -0.2) is 9.97 Å². The Kier molecular flexibility index (Phi) is 6.85. The molecule has 1 unspecified atom stereocenters. The third-order valence-corrected chi connectivity index (χ3v) is 7.70. The molecule has 0 spiro atoms. The minimum atomic E-state index is -0.0327. The fourth-order valence-electron chi connectivity index (χ4n) is 4.73. The van der Waals surface area contributed by atoms with Gasteiger partial charge >= 0.3 is 0 Å². The standard InChI is InChI=1S/C25H29N5O3S/c1-32-9-7-30(8-10-33-2)25(31)16-4-6-20-21(12-16)34-24-22(20)23(27-15-28-24)29-19-5-3-17-13-26-14-18(17)11-19/h3,5,11,14-16H,4,6-10,12-13H2,1-2H3,(H,27,28,29). The molecule has 0 saturated carbocycles. The first-order chi connectivity index (χ1) is 16.7. The molecule has 0 radical (unpaired) electrons. The second kappa shape index (κ2) is 10.2. The predicted octanol–water partition coefficient (Wildman–Crippen LogP) is 3.59. The van der Waals surface area contributed by atoms with Crippen LogP contribution in [0, 0.1) is 5.92 Å². The second-order valence-electron chi connectivity index (χ2n) is 8.67. The van der Waals surface area contributed by atoms with Crippen molar-refractivity contribution in [3.63, 3.8) is 0 Å². The van der Waals surface area contributed by atoms with Gasteiger partial charge in [-0.05, 0) is 48.1 Å². The van der Waals surface area contributed by atoms with Gasteiger partial charge in [0.25, 0.3) is 0 Å². The average Bonchev–Trinajstić information content (AvgIpc) is 3.47. The van der Waals surface area contributed by atoms with Gasteiger partial charge in [0.15, 0.2) is 0 Å². The Labute approximate surface area is 203 Å². The van der Waals surface area contributed by atoms with Gasteiger partial charge in [-0.1, -0.05) is 6.07 Å². The number of nitrogens with zero attached hydrogens (tertiary/aromatic N) is 4. The number of aromatic nitrogens is 2. The Morgan fingerprint density at radius 1 is 1.21 bits per heavy atom.